The van der Waals surface area contributed by atoms with Crippen molar-refractivity contribution in [2.24, 2.45) is 0 Å². The van der Waals surface area contributed by atoms with Crippen LogP contribution in [-0.2, 0) is 0 Å². The fraction of sp³-hybridized carbons (Fsp3) is 0.0870. The predicted octanol–water partition coefficient (Wildman–Crippen LogP) is 6.38. The number of fused-ring (bicyclic) bond motifs is 1. The molecule has 4 heteroatoms. The van der Waals surface area contributed by atoms with Gasteiger partial charge in [0.2, 0.25) is 0 Å². The number of methoxy groups -OCH3 is 1. The van der Waals surface area contributed by atoms with Crippen LogP contribution in [0.2, 0.25) is 0 Å². The van der Waals surface area contributed by atoms with E-state index in [9.17, 15) is 0 Å². The van der Waals surface area contributed by atoms with Gasteiger partial charge in [-0.1, -0.05) is 48.0 Å². The summed E-state index contributed by atoms with van der Waals surface area (Å²) in [6.45, 7) is 2.09. The van der Waals surface area contributed by atoms with E-state index >= 15 is 0 Å². The number of rotatable bonds is 4. The first kappa shape index (κ1) is 18.7. The molecule has 4 rings (SSSR count). The van der Waals surface area contributed by atoms with Gasteiger partial charge in [0.05, 0.1) is 24.0 Å². The maximum atomic E-state index is 5.36. The summed E-state index contributed by atoms with van der Waals surface area (Å²) >= 11 is 0. The van der Waals surface area contributed by atoms with E-state index in [-0.39, 0.29) is 12.4 Å². The number of halogens is 1. The number of nitrogens with zero attached hydrogens (tertiary/aromatic N) is 1. The van der Waals surface area contributed by atoms with E-state index in [2.05, 4.69) is 54.7 Å². The molecule has 0 atom stereocenters. The second-order valence-electron chi connectivity index (χ2n) is 6.30. The van der Waals surface area contributed by atoms with Gasteiger partial charge in [-0.05, 0) is 43.3 Å². The smallest absolute Gasteiger partial charge is 0.119 e. The number of aromatic nitrogens is 1. The summed E-state index contributed by atoms with van der Waals surface area (Å²) in [5.41, 5.74) is 6.25. The van der Waals surface area contributed by atoms with Crippen LogP contribution >= 0.6 is 12.4 Å². The summed E-state index contributed by atoms with van der Waals surface area (Å²) in [6.07, 6.45) is 0. The summed E-state index contributed by atoms with van der Waals surface area (Å²) in [5.74, 6) is 0.825. The summed E-state index contributed by atoms with van der Waals surface area (Å²) < 4.78 is 5.36. The van der Waals surface area contributed by atoms with Gasteiger partial charge in [-0.15, -0.1) is 12.4 Å². The lowest BCUT2D eigenvalue weighted by Crippen LogP contribution is -1.95. The molecule has 27 heavy (non-hydrogen) atoms. The monoisotopic (exact) mass is 376 g/mol. The SMILES string of the molecule is COc1cccc(-c2cc(Nc3ccc(C)cc3)c3ccccc3n2)c1.Cl. The first-order chi connectivity index (χ1) is 12.7. The number of hydrogen-bond donors (Lipinski definition) is 1. The lowest BCUT2D eigenvalue weighted by molar-refractivity contribution is 0.415. The van der Waals surface area contributed by atoms with Crippen LogP contribution in [-0.4, -0.2) is 12.1 Å². The zero-order chi connectivity index (χ0) is 17.9. The minimum Gasteiger partial charge on any atom is -0.497 e. The van der Waals surface area contributed by atoms with Crippen molar-refractivity contribution >= 4 is 34.7 Å². The van der Waals surface area contributed by atoms with Gasteiger partial charge in [0.25, 0.3) is 0 Å². The molecule has 0 aliphatic heterocycles. The molecule has 136 valence electrons. The van der Waals surface area contributed by atoms with Gasteiger partial charge in [-0.3, -0.25) is 0 Å². The third kappa shape index (κ3) is 4.04. The van der Waals surface area contributed by atoms with Crippen LogP contribution in [0.3, 0.4) is 0 Å². The standard InChI is InChI=1S/C23H20N2O.ClH/c1-16-10-12-18(13-11-16)24-23-15-22(17-6-5-7-19(14-17)26-2)25-21-9-4-3-8-20(21)23;/h3-15H,1-2H3,(H,24,25);1H. The number of pyridine rings is 1. The van der Waals surface area contributed by atoms with Gasteiger partial charge in [0.15, 0.2) is 0 Å². The zero-order valence-electron chi connectivity index (χ0n) is 15.3. The number of anilines is 2. The molecule has 0 radical (unpaired) electrons. The Morgan fingerprint density at radius 3 is 2.41 bits per heavy atom. The van der Waals surface area contributed by atoms with Crippen molar-refractivity contribution in [2.75, 3.05) is 12.4 Å². The molecule has 3 nitrogen and oxygen atoms in total. The van der Waals surface area contributed by atoms with E-state index in [0.29, 0.717) is 0 Å². The number of nitrogens with one attached hydrogen (secondary N) is 1. The van der Waals surface area contributed by atoms with Gasteiger partial charge in [-0.2, -0.15) is 0 Å². The fourth-order valence-corrected chi connectivity index (χ4v) is 3.00. The van der Waals surface area contributed by atoms with Crippen LogP contribution < -0.4 is 10.1 Å². The summed E-state index contributed by atoms with van der Waals surface area (Å²) in [5, 5.41) is 4.64. The van der Waals surface area contributed by atoms with Gasteiger partial charge < -0.3 is 10.1 Å². The van der Waals surface area contributed by atoms with Crippen molar-refractivity contribution in [3.05, 3.63) is 84.4 Å². The predicted molar refractivity (Wildman–Crippen MR) is 115 cm³/mol. The second-order valence-corrected chi connectivity index (χ2v) is 6.30. The highest BCUT2D eigenvalue weighted by Gasteiger charge is 2.08. The number of benzene rings is 3. The third-order valence-corrected chi connectivity index (χ3v) is 4.41. The van der Waals surface area contributed by atoms with Crippen molar-refractivity contribution in [1.29, 1.82) is 0 Å². The highest BCUT2D eigenvalue weighted by atomic mass is 35.5. The molecule has 0 unspecified atom stereocenters. The normalized spacial score (nSPS) is 10.3. The van der Waals surface area contributed by atoms with Crippen LogP contribution in [0.1, 0.15) is 5.56 Å². The second kappa shape index (κ2) is 8.11. The quantitative estimate of drug-likeness (QED) is 0.448. The van der Waals surface area contributed by atoms with E-state index in [4.69, 9.17) is 9.72 Å². The van der Waals surface area contributed by atoms with Crippen molar-refractivity contribution in [3.63, 3.8) is 0 Å². The number of ether oxygens (including phenoxy) is 1. The molecule has 1 heterocycles. The average Bonchev–Trinajstić information content (AvgIpc) is 2.69. The van der Waals surface area contributed by atoms with Gasteiger partial charge in [0.1, 0.15) is 5.75 Å². The summed E-state index contributed by atoms with van der Waals surface area (Å²) in [6, 6.07) is 26.7. The summed E-state index contributed by atoms with van der Waals surface area (Å²) in [4.78, 5) is 4.84. The lowest BCUT2D eigenvalue weighted by Gasteiger charge is -2.13. The van der Waals surface area contributed by atoms with Crippen molar-refractivity contribution in [2.45, 2.75) is 6.92 Å². The Hall–Kier alpha value is -3.04. The number of hydrogen-bond acceptors (Lipinski definition) is 3. The molecule has 0 saturated heterocycles. The molecule has 1 aromatic heterocycles. The molecule has 0 aliphatic carbocycles. The number of para-hydroxylation sites is 1. The maximum Gasteiger partial charge on any atom is 0.119 e. The molecule has 0 fully saturated rings. The van der Waals surface area contributed by atoms with Crippen molar-refractivity contribution in [3.8, 4) is 17.0 Å². The highest BCUT2D eigenvalue weighted by Crippen LogP contribution is 2.31. The first-order valence-electron chi connectivity index (χ1n) is 8.61. The number of aryl methyl sites for hydroxylation is 1. The Kier molecular flexibility index (Phi) is 5.63. The molecular weight excluding hydrogens is 356 g/mol. The Morgan fingerprint density at radius 1 is 0.852 bits per heavy atom. The van der Waals surface area contributed by atoms with E-state index in [1.54, 1.807) is 7.11 Å². The molecule has 0 spiro atoms. The van der Waals surface area contributed by atoms with Crippen molar-refractivity contribution in [1.82, 2.24) is 4.98 Å². The molecule has 3 aromatic carbocycles. The van der Waals surface area contributed by atoms with Gasteiger partial charge in [0, 0.05) is 16.6 Å². The summed E-state index contributed by atoms with van der Waals surface area (Å²) in [7, 11) is 1.68. The molecule has 0 saturated carbocycles. The van der Waals surface area contributed by atoms with E-state index < -0.39 is 0 Å². The lowest BCUT2D eigenvalue weighted by atomic mass is 10.1. The minimum absolute atomic E-state index is 0. The van der Waals surface area contributed by atoms with E-state index in [1.807, 2.05) is 36.4 Å². The van der Waals surface area contributed by atoms with E-state index in [1.165, 1.54) is 5.56 Å². The van der Waals surface area contributed by atoms with Gasteiger partial charge >= 0.3 is 0 Å². The van der Waals surface area contributed by atoms with E-state index in [0.717, 1.165) is 39.3 Å². The van der Waals surface area contributed by atoms with Crippen LogP contribution in [0.4, 0.5) is 11.4 Å². The molecule has 1 N–H and O–H groups in total. The van der Waals surface area contributed by atoms with Crippen LogP contribution in [0.15, 0.2) is 78.9 Å². The molecular formula is C23H21ClN2O. The Morgan fingerprint density at radius 2 is 1.63 bits per heavy atom. The Bertz CT molecular complexity index is 1060. The minimum atomic E-state index is 0. The molecule has 0 bridgehead atoms. The highest BCUT2D eigenvalue weighted by molar-refractivity contribution is 5.95. The van der Waals surface area contributed by atoms with Crippen LogP contribution in [0.25, 0.3) is 22.2 Å². The largest absolute Gasteiger partial charge is 0.497 e. The topological polar surface area (TPSA) is 34.1 Å². The zero-order valence-corrected chi connectivity index (χ0v) is 16.1. The molecule has 4 aromatic rings. The Labute approximate surface area is 165 Å². The van der Waals surface area contributed by atoms with Crippen molar-refractivity contribution < 1.29 is 4.74 Å². The van der Waals surface area contributed by atoms with Crippen LogP contribution in [0.5, 0.6) is 5.75 Å². The van der Waals surface area contributed by atoms with Crippen LogP contribution in [0, 0.1) is 6.92 Å². The maximum absolute atomic E-state index is 5.36. The molecule has 0 amide bonds. The third-order valence-electron chi connectivity index (χ3n) is 4.41. The average molecular weight is 377 g/mol. The van der Waals surface area contributed by atoms with Gasteiger partial charge in [-0.25, -0.2) is 4.98 Å². The Balaban J connectivity index is 0.00000210. The fourth-order valence-electron chi connectivity index (χ4n) is 3.00. The first-order valence-corrected chi connectivity index (χ1v) is 8.61. The molecule has 0 aliphatic rings.